The monoisotopic (exact) mass is 439 g/mol. The van der Waals surface area contributed by atoms with Crippen molar-refractivity contribution in [3.05, 3.63) is 50.7 Å². The van der Waals surface area contributed by atoms with Crippen LogP contribution in [0.2, 0.25) is 5.02 Å². The maximum atomic E-state index is 12.4. The first-order chi connectivity index (χ1) is 12.4. The third-order valence-electron chi connectivity index (χ3n) is 4.06. The third kappa shape index (κ3) is 3.68. The molecule has 0 aromatic carbocycles. The number of nitrogens with one attached hydrogen (secondary N) is 1. The van der Waals surface area contributed by atoms with Crippen LogP contribution in [0.3, 0.4) is 0 Å². The van der Waals surface area contributed by atoms with Gasteiger partial charge in [-0.1, -0.05) is 11.6 Å². The van der Waals surface area contributed by atoms with E-state index in [0.29, 0.717) is 23.9 Å². The molecule has 3 rings (SSSR count). The number of hydrogen-bond donors (Lipinski definition) is 1. The molecular formula is C16H19BrClN7O. The molecule has 0 aliphatic rings. The van der Waals surface area contributed by atoms with Gasteiger partial charge in [0.1, 0.15) is 12.4 Å². The highest BCUT2D eigenvalue weighted by Crippen LogP contribution is 2.19. The molecule has 26 heavy (non-hydrogen) atoms. The van der Waals surface area contributed by atoms with Crippen molar-refractivity contribution < 1.29 is 4.79 Å². The van der Waals surface area contributed by atoms with Crippen LogP contribution in [0.4, 0.5) is 0 Å². The Morgan fingerprint density at radius 1 is 1.31 bits per heavy atom. The zero-order valence-electron chi connectivity index (χ0n) is 14.7. The molecule has 0 radical (unpaired) electrons. The summed E-state index contributed by atoms with van der Waals surface area (Å²) < 4.78 is 6.10. The fraction of sp³-hybridized carbons (Fsp3) is 0.375. The Hall–Kier alpha value is -2.13. The second-order valence-corrected chi connectivity index (χ2v) is 7.04. The lowest BCUT2D eigenvalue weighted by Crippen LogP contribution is -2.25. The molecule has 0 atom stereocenters. The van der Waals surface area contributed by atoms with E-state index in [1.807, 2.05) is 25.5 Å². The van der Waals surface area contributed by atoms with Crippen LogP contribution < -0.4 is 5.32 Å². The lowest BCUT2D eigenvalue weighted by Gasteiger charge is -2.07. The molecule has 3 aromatic rings. The Morgan fingerprint density at radius 3 is 2.73 bits per heavy atom. The van der Waals surface area contributed by atoms with Crippen molar-refractivity contribution in [2.45, 2.75) is 40.5 Å². The number of carbonyl (C=O) groups is 1. The van der Waals surface area contributed by atoms with E-state index in [4.69, 9.17) is 11.6 Å². The van der Waals surface area contributed by atoms with Crippen LogP contribution in [-0.2, 0) is 19.8 Å². The van der Waals surface area contributed by atoms with Gasteiger partial charge in [-0.2, -0.15) is 15.3 Å². The maximum absolute atomic E-state index is 12.4. The summed E-state index contributed by atoms with van der Waals surface area (Å²) in [5.41, 5.74) is 2.89. The van der Waals surface area contributed by atoms with Crippen LogP contribution in [-0.4, -0.2) is 35.2 Å². The van der Waals surface area contributed by atoms with Crippen LogP contribution in [0.1, 0.15) is 34.5 Å². The molecule has 0 unspecified atom stereocenters. The number of nitrogens with zero attached hydrogens (tertiary/aromatic N) is 6. The normalized spacial score (nSPS) is 11.1. The Bertz CT molecular complexity index is 943. The van der Waals surface area contributed by atoms with Crippen molar-refractivity contribution in [1.29, 1.82) is 0 Å². The number of carbonyl (C=O) groups excluding carboxylic acids is 1. The molecule has 0 fully saturated rings. The molecule has 0 saturated carbocycles. The number of hydrogen-bond acceptors (Lipinski definition) is 4. The van der Waals surface area contributed by atoms with Gasteiger partial charge in [0.05, 0.1) is 39.3 Å². The quantitative estimate of drug-likeness (QED) is 0.639. The van der Waals surface area contributed by atoms with Gasteiger partial charge in [-0.15, -0.1) is 0 Å². The first-order valence-corrected chi connectivity index (χ1v) is 9.29. The minimum absolute atomic E-state index is 0.245. The van der Waals surface area contributed by atoms with Crippen LogP contribution in [0, 0.1) is 13.8 Å². The van der Waals surface area contributed by atoms with Crippen molar-refractivity contribution in [1.82, 2.24) is 34.7 Å². The standard InChI is InChI=1S/C16H19BrClN7O/c1-4-24-14(12(17)7-20-24)8-19-16(26)13-5-6-23(22-13)9-25-11(3)15(18)10(2)21-25/h5-7H,4,8-9H2,1-3H3,(H,19,26). The summed E-state index contributed by atoms with van der Waals surface area (Å²) in [5.74, 6) is -0.245. The Morgan fingerprint density at radius 2 is 2.08 bits per heavy atom. The molecule has 3 heterocycles. The van der Waals surface area contributed by atoms with Gasteiger partial charge in [0.15, 0.2) is 0 Å². The van der Waals surface area contributed by atoms with Crippen molar-refractivity contribution in [3.8, 4) is 0 Å². The van der Waals surface area contributed by atoms with Crippen molar-refractivity contribution in [3.63, 3.8) is 0 Å². The second kappa shape index (κ2) is 7.63. The van der Waals surface area contributed by atoms with E-state index < -0.39 is 0 Å². The Labute approximate surface area is 164 Å². The number of aromatic nitrogens is 6. The summed E-state index contributed by atoms with van der Waals surface area (Å²) in [6.07, 6.45) is 3.46. The summed E-state index contributed by atoms with van der Waals surface area (Å²) in [5, 5.41) is 16.4. The number of rotatable bonds is 6. The summed E-state index contributed by atoms with van der Waals surface area (Å²) in [7, 11) is 0. The minimum atomic E-state index is -0.245. The van der Waals surface area contributed by atoms with Crippen LogP contribution in [0.15, 0.2) is 22.9 Å². The molecule has 1 N–H and O–H groups in total. The fourth-order valence-corrected chi connectivity index (χ4v) is 3.17. The van der Waals surface area contributed by atoms with Gasteiger partial charge in [0.2, 0.25) is 0 Å². The first-order valence-electron chi connectivity index (χ1n) is 8.12. The molecule has 8 nitrogen and oxygen atoms in total. The largest absolute Gasteiger partial charge is 0.345 e. The zero-order chi connectivity index (χ0) is 18.8. The number of amides is 1. The second-order valence-electron chi connectivity index (χ2n) is 5.80. The van der Waals surface area contributed by atoms with Crippen LogP contribution in [0.5, 0.6) is 0 Å². The highest BCUT2D eigenvalue weighted by Gasteiger charge is 2.14. The molecule has 0 saturated heterocycles. The predicted molar refractivity (Wildman–Crippen MR) is 101 cm³/mol. The molecule has 0 bridgehead atoms. The van der Waals surface area contributed by atoms with Crippen LogP contribution >= 0.6 is 27.5 Å². The molecule has 0 aliphatic carbocycles. The number of aryl methyl sites for hydroxylation is 2. The highest BCUT2D eigenvalue weighted by atomic mass is 79.9. The van der Waals surface area contributed by atoms with Gasteiger partial charge in [-0.3, -0.25) is 14.2 Å². The predicted octanol–water partition coefficient (Wildman–Crippen LogP) is 2.76. The molecule has 1 amide bonds. The first kappa shape index (κ1) is 18.7. The average molecular weight is 441 g/mol. The summed E-state index contributed by atoms with van der Waals surface area (Å²) in [6.45, 7) is 7.24. The average Bonchev–Trinajstić information content (AvgIpc) is 3.29. The lowest BCUT2D eigenvalue weighted by molar-refractivity contribution is 0.0944. The van der Waals surface area contributed by atoms with Gasteiger partial charge >= 0.3 is 0 Å². The topological polar surface area (TPSA) is 82.6 Å². The molecule has 138 valence electrons. The molecular weight excluding hydrogens is 422 g/mol. The van der Waals surface area contributed by atoms with Crippen molar-refractivity contribution >= 4 is 33.4 Å². The van der Waals surface area contributed by atoms with Gasteiger partial charge in [0, 0.05) is 12.7 Å². The van der Waals surface area contributed by atoms with Crippen molar-refractivity contribution in [2.24, 2.45) is 0 Å². The van der Waals surface area contributed by atoms with Gasteiger partial charge in [0.25, 0.3) is 5.91 Å². The van der Waals surface area contributed by atoms with Gasteiger partial charge in [-0.25, -0.2) is 4.68 Å². The van der Waals surface area contributed by atoms with E-state index in [9.17, 15) is 4.79 Å². The fourth-order valence-electron chi connectivity index (χ4n) is 2.60. The Balaban J connectivity index is 1.66. The smallest absolute Gasteiger partial charge is 0.272 e. The van der Waals surface area contributed by atoms with Crippen LogP contribution in [0.25, 0.3) is 0 Å². The number of halogens is 2. The molecule has 3 aromatic heterocycles. The molecule has 10 heteroatoms. The molecule has 0 aliphatic heterocycles. The van der Waals surface area contributed by atoms with E-state index in [2.05, 4.69) is 36.5 Å². The van der Waals surface area contributed by atoms with E-state index >= 15 is 0 Å². The summed E-state index contributed by atoms with van der Waals surface area (Å²) in [6, 6.07) is 1.68. The summed E-state index contributed by atoms with van der Waals surface area (Å²) >= 11 is 9.60. The van der Waals surface area contributed by atoms with Gasteiger partial charge in [-0.05, 0) is 42.8 Å². The SMILES string of the molecule is CCn1ncc(Br)c1CNC(=O)c1ccn(Cn2nc(C)c(Cl)c2C)n1. The Kier molecular flexibility index (Phi) is 5.47. The zero-order valence-corrected chi connectivity index (χ0v) is 17.0. The van der Waals surface area contributed by atoms with E-state index in [-0.39, 0.29) is 5.91 Å². The van der Waals surface area contributed by atoms with E-state index in [1.54, 1.807) is 27.8 Å². The minimum Gasteiger partial charge on any atom is -0.345 e. The van der Waals surface area contributed by atoms with E-state index in [1.165, 1.54) is 0 Å². The lowest BCUT2D eigenvalue weighted by atomic mass is 10.3. The summed E-state index contributed by atoms with van der Waals surface area (Å²) in [4.78, 5) is 12.4. The van der Waals surface area contributed by atoms with Gasteiger partial charge < -0.3 is 5.32 Å². The third-order valence-corrected chi connectivity index (χ3v) is 5.27. The van der Waals surface area contributed by atoms with Crippen molar-refractivity contribution in [2.75, 3.05) is 0 Å². The highest BCUT2D eigenvalue weighted by molar-refractivity contribution is 9.10. The maximum Gasteiger partial charge on any atom is 0.272 e. The molecule has 0 spiro atoms. The van der Waals surface area contributed by atoms with E-state index in [0.717, 1.165) is 28.1 Å².